The molecule has 1 aliphatic carbocycles. The highest BCUT2D eigenvalue weighted by atomic mass is 19.1. The lowest BCUT2D eigenvalue weighted by Crippen LogP contribution is -2.45. The number of imidazole rings is 1. The van der Waals surface area contributed by atoms with Crippen LogP contribution >= 0.6 is 0 Å². The molecule has 196 valence electrons. The van der Waals surface area contributed by atoms with Gasteiger partial charge in [0.25, 0.3) is 5.91 Å². The zero-order valence-corrected chi connectivity index (χ0v) is 20.7. The summed E-state index contributed by atoms with van der Waals surface area (Å²) in [5, 5.41) is 9.45. The molecule has 0 bridgehead atoms. The first-order valence-corrected chi connectivity index (χ1v) is 12.4. The number of carbonyl (C=O) groups is 2. The van der Waals surface area contributed by atoms with Crippen molar-refractivity contribution in [1.82, 2.24) is 34.9 Å². The summed E-state index contributed by atoms with van der Waals surface area (Å²) in [7, 11) is 1.47. The highest BCUT2D eigenvalue weighted by Crippen LogP contribution is 2.48. The Kier molecular flexibility index (Phi) is 7.17. The number of fused-ring (bicyclic) bond motifs is 1. The fourth-order valence-electron chi connectivity index (χ4n) is 4.90. The van der Waals surface area contributed by atoms with E-state index < -0.39 is 5.82 Å². The monoisotopic (exact) mass is 511 g/mol. The number of piperidine rings is 1. The maximum atomic E-state index is 14.0. The van der Waals surface area contributed by atoms with Crippen LogP contribution in [-0.2, 0) is 29.2 Å². The molecule has 0 atom stereocenters. The van der Waals surface area contributed by atoms with Gasteiger partial charge < -0.3 is 24.3 Å². The maximum absolute atomic E-state index is 14.0. The highest BCUT2D eigenvalue weighted by molar-refractivity contribution is 5.94. The lowest BCUT2D eigenvalue weighted by molar-refractivity contribution is -0.109. The van der Waals surface area contributed by atoms with Crippen LogP contribution in [0.3, 0.4) is 0 Å². The van der Waals surface area contributed by atoms with Crippen LogP contribution < -0.4 is 10.1 Å². The fraction of sp³-hybridized carbons (Fsp3) is 0.480. The third-order valence-corrected chi connectivity index (χ3v) is 7.03. The van der Waals surface area contributed by atoms with E-state index in [0.29, 0.717) is 36.8 Å². The first-order valence-electron chi connectivity index (χ1n) is 12.4. The van der Waals surface area contributed by atoms with Gasteiger partial charge in [0.1, 0.15) is 18.1 Å². The second-order valence-electron chi connectivity index (χ2n) is 9.40. The highest BCUT2D eigenvalue weighted by Gasteiger charge is 2.51. The van der Waals surface area contributed by atoms with Gasteiger partial charge in [-0.25, -0.2) is 14.4 Å². The number of aromatic nitrogens is 5. The molecule has 0 aromatic carbocycles. The molecule has 1 saturated heterocycles. The molecule has 6 rings (SSSR count). The molecule has 5 heterocycles. The van der Waals surface area contributed by atoms with Gasteiger partial charge in [-0.05, 0) is 38.2 Å². The third kappa shape index (κ3) is 5.33. The van der Waals surface area contributed by atoms with Gasteiger partial charge in [-0.3, -0.25) is 14.7 Å². The summed E-state index contributed by atoms with van der Waals surface area (Å²) < 4.78 is 26.3. The van der Waals surface area contributed by atoms with Gasteiger partial charge in [-0.1, -0.05) is 0 Å². The Hall–Kier alpha value is -3.80. The van der Waals surface area contributed by atoms with E-state index in [1.165, 1.54) is 19.6 Å². The number of halogens is 1. The minimum absolute atomic E-state index is 0.0487. The number of aromatic amines is 1. The Bertz CT molecular complexity index is 1250. The molecule has 2 amide bonds. The minimum atomic E-state index is -0.502. The molecule has 3 aromatic rings. The number of amides is 2. The Balaban J connectivity index is 0.000000182. The van der Waals surface area contributed by atoms with Crippen LogP contribution in [0.4, 0.5) is 4.39 Å². The molecule has 1 spiro atoms. The second kappa shape index (κ2) is 10.7. The van der Waals surface area contributed by atoms with E-state index in [2.05, 4.69) is 30.0 Å². The second-order valence-corrected chi connectivity index (χ2v) is 9.40. The summed E-state index contributed by atoms with van der Waals surface area (Å²) in [5.41, 5.74) is 1.97. The normalized spacial score (nSPS) is 17.4. The lowest BCUT2D eigenvalue weighted by atomic mass is 9.99. The quantitative estimate of drug-likeness (QED) is 0.487. The number of ether oxygens (including phenoxy) is 2. The minimum Gasteiger partial charge on any atom is -0.481 e. The van der Waals surface area contributed by atoms with Crippen molar-refractivity contribution in [2.24, 2.45) is 0 Å². The zero-order chi connectivity index (χ0) is 25.8. The van der Waals surface area contributed by atoms with Crippen molar-refractivity contribution in [3.05, 3.63) is 47.6 Å². The number of hydrogen-bond donors (Lipinski definition) is 2. The number of rotatable bonds is 6. The summed E-state index contributed by atoms with van der Waals surface area (Å²) in [6, 6.07) is 3.08. The molecule has 0 unspecified atom stereocenters. The van der Waals surface area contributed by atoms with Crippen LogP contribution in [0, 0.1) is 5.82 Å². The van der Waals surface area contributed by atoms with E-state index in [1.54, 1.807) is 6.07 Å². The summed E-state index contributed by atoms with van der Waals surface area (Å²) in [5.74, 6) is 0.689. The van der Waals surface area contributed by atoms with Crippen molar-refractivity contribution in [2.45, 2.75) is 57.3 Å². The van der Waals surface area contributed by atoms with Crippen molar-refractivity contribution < 1.29 is 23.5 Å². The molecule has 3 aromatic heterocycles. The van der Waals surface area contributed by atoms with Crippen LogP contribution in [0.15, 0.2) is 24.5 Å². The molecular formula is C25H30FN7O4. The van der Waals surface area contributed by atoms with Crippen molar-refractivity contribution in [3.8, 4) is 17.1 Å². The van der Waals surface area contributed by atoms with Gasteiger partial charge in [-0.15, -0.1) is 0 Å². The molecule has 12 heteroatoms. The molecular weight excluding hydrogens is 481 g/mol. The van der Waals surface area contributed by atoms with E-state index in [9.17, 15) is 14.0 Å². The SMILES string of the molecule is COc1cc(-c2cc(C(=O)N3CCCCC34CC4)[nH]n2)c(F)cn1.O=CNCc1cn2c(n1)COCC2. The summed E-state index contributed by atoms with van der Waals surface area (Å²) in [6.45, 7) is 3.43. The third-order valence-electron chi connectivity index (χ3n) is 7.03. The predicted octanol–water partition coefficient (Wildman–Crippen LogP) is 2.44. The van der Waals surface area contributed by atoms with Crippen LogP contribution in [0.2, 0.25) is 0 Å². The van der Waals surface area contributed by atoms with Gasteiger partial charge in [0.15, 0.2) is 5.82 Å². The standard InChI is InChI=1S/C17H19FN4O2.C8H11N3O2/c1-24-15-8-11(12(18)10-19-15)13-9-14(21-20-13)16(23)22-7-3-2-4-17(22)5-6-17;12-6-9-3-7-4-11-1-2-13-5-8(11)10-7/h8-10H,2-7H2,1H3,(H,20,21);4,6H,1-3,5H2,(H,9,12). The van der Waals surface area contributed by atoms with Gasteiger partial charge in [0, 0.05) is 36.5 Å². The molecule has 37 heavy (non-hydrogen) atoms. The van der Waals surface area contributed by atoms with E-state index in [-0.39, 0.29) is 17.0 Å². The Morgan fingerprint density at radius 1 is 1.30 bits per heavy atom. The van der Waals surface area contributed by atoms with Crippen LogP contribution in [-0.4, -0.2) is 67.7 Å². The molecule has 11 nitrogen and oxygen atoms in total. The van der Waals surface area contributed by atoms with E-state index in [4.69, 9.17) is 9.47 Å². The van der Waals surface area contributed by atoms with E-state index in [0.717, 1.165) is 63.1 Å². The van der Waals surface area contributed by atoms with Crippen molar-refractivity contribution >= 4 is 12.3 Å². The Morgan fingerprint density at radius 3 is 2.92 bits per heavy atom. The smallest absolute Gasteiger partial charge is 0.272 e. The van der Waals surface area contributed by atoms with Gasteiger partial charge in [0.2, 0.25) is 12.3 Å². The summed E-state index contributed by atoms with van der Waals surface area (Å²) in [4.78, 5) is 33.0. The van der Waals surface area contributed by atoms with Gasteiger partial charge in [0.05, 0.1) is 37.8 Å². The number of hydrogen-bond acceptors (Lipinski definition) is 7. The number of nitrogens with zero attached hydrogens (tertiary/aromatic N) is 5. The van der Waals surface area contributed by atoms with Crippen LogP contribution in [0.1, 0.15) is 54.1 Å². The Morgan fingerprint density at radius 2 is 2.16 bits per heavy atom. The fourth-order valence-corrected chi connectivity index (χ4v) is 4.90. The number of methoxy groups -OCH3 is 1. The molecule has 2 aliphatic heterocycles. The average molecular weight is 512 g/mol. The van der Waals surface area contributed by atoms with Crippen molar-refractivity contribution in [2.75, 3.05) is 20.3 Å². The molecule has 1 saturated carbocycles. The van der Waals surface area contributed by atoms with E-state index >= 15 is 0 Å². The lowest BCUT2D eigenvalue weighted by Gasteiger charge is -2.35. The molecule has 0 radical (unpaired) electrons. The largest absolute Gasteiger partial charge is 0.481 e. The van der Waals surface area contributed by atoms with E-state index in [1.807, 2.05) is 11.1 Å². The number of nitrogens with one attached hydrogen (secondary N) is 2. The first kappa shape index (κ1) is 24.9. The number of likely N-dealkylation sites (tertiary alicyclic amines) is 1. The topological polar surface area (TPSA) is 127 Å². The zero-order valence-electron chi connectivity index (χ0n) is 20.7. The van der Waals surface area contributed by atoms with Crippen molar-refractivity contribution in [1.29, 1.82) is 0 Å². The first-order chi connectivity index (χ1) is 18.0. The van der Waals surface area contributed by atoms with Crippen molar-refractivity contribution in [3.63, 3.8) is 0 Å². The molecule has 2 fully saturated rings. The summed E-state index contributed by atoms with van der Waals surface area (Å²) >= 11 is 0. The van der Waals surface area contributed by atoms with Gasteiger partial charge >= 0.3 is 0 Å². The maximum Gasteiger partial charge on any atom is 0.272 e. The average Bonchev–Trinajstić information content (AvgIpc) is 3.33. The Labute approximate surface area is 213 Å². The predicted molar refractivity (Wildman–Crippen MR) is 130 cm³/mol. The number of H-pyrrole nitrogens is 1. The molecule has 2 N–H and O–H groups in total. The number of carbonyl (C=O) groups excluding carboxylic acids is 2. The van der Waals surface area contributed by atoms with Crippen LogP contribution in [0.25, 0.3) is 11.3 Å². The summed E-state index contributed by atoms with van der Waals surface area (Å²) in [6.07, 6.45) is 9.17. The van der Waals surface area contributed by atoms with Gasteiger partial charge in [-0.2, -0.15) is 5.10 Å². The van der Waals surface area contributed by atoms with Crippen LogP contribution in [0.5, 0.6) is 5.88 Å². The molecule has 3 aliphatic rings. The number of pyridine rings is 1.